The molecule has 0 fully saturated rings. The molecular weight excluding hydrogens is 198 g/mol. The first-order chi connectivity index (χ1) is 7.66. The molecule has 0 aliphatic carbocycles. The summed E-state index contributed by atoms with van der Waals surface area (Å²) in [6, 6.07) is 9.42. The van der Waals surface area contributed by atoms with Crippen molar-refractivity contribution in [3.63, 3.8) is 0 Å². The Balaban J connectivity index is 2.42. The highest BCUT2D eigenvalue weighted by Gasteiger charge is 2.09. The Hall–Kier alpha value is -1.96. The molecule has 0 atom stereocenters. The molecule has 2 rings (SSSR count). The number of nitrogens with zero attached hydrogens (tertiary/aromatic N) is 1. The number of hydrogen-bond acceptors (Lipinski definition) is 2. The monoisotopic (exact) mass is 211 g/mol. The summed E-state index contributed by atoms with van der Waals surface area (Å²) in [5, 5.41) is 0. The average Bonchev–Trinajstić information content (AvgIpc) is 2.28. The largest absolute Gasteiger partial charge is 0.289 e. The van der Waals surface area contributed by atoms with Gasteiger partial charge in [0, 0.05) is 23.5 Å². The van der Waals surface area contributed by atoms with E-state index >= 15 is 0 Å². The van der Waals surface area contributed by atoms with Gasteiger partial charge in [0.25, 0.3) is 0 Å². The van der Waals surface area contributed by atoms with E-state index in [0.717, 1.165) is 16.7 Å². The van der Waals surface area contributed by atoms with Gasteiger partial charge in [-0.05, 0) is 38.1 Å². The molecule has 0 saturated heterocycles. The molecule has 2 aromatic rings. The predicted molar refractivity (Wildman–Crippen MR) is 63.6 cm³/mol. The van der Waals surface area contributed by atoms with Gasteiger partial charge < -0.3 is 0 Å². The lowest BCUT2D eigenvalue weighted by Gasteiger charge is -2.03. The second-order valence-electron chi connectivity index (χ2n) is 3.95. The topological polar surface area (TPSA) is 30.0 Å². The van der Waals surface area contributed by atoms with Crippen LogP contribution in [0.2, 0.25) is 0 Å². The SMILES string of the molecule is Cc1cc(C)cc(C(=O)c2cccnc2)c1. The fourth-order valence-corrected chi connectivity index (χ4v) is 1.77. The normalized spacial score (nSPS) is 10.1. The predicted octanol–water partition coefficient (Wildman–Crippen LogP) is 2.93. The third-order valence-electron chi connectivity index (χ3n) is 2.41. The molecule has 0 bridgehead atoms. The summed E-state index contributed by atoms with van der Waals surface area (Å²) in [4.78, 5) is 16.1. The Labute approximate surface area is 95.0 Å². The van der Waals surface area contributed by atoms with Crippen LogP contribution in [0.15, 0.2) is 42.7 Å². The zero-order valence-electron chi connectivity index (χ0n) is 9.40. The molecule has 1 aromatic carbocycles. The maximum Gasteiger partial charge on any atom is 0.194 e. The Morgan fingerprint density at radius 2 is 1.75 bits per heavy atom. The van der Waals surface area contributed by atoms with Crippen LogP contribution in [-0.2, 0) is 0 Å². The van der Waals surface area contributed by atoms with Gasteiger partial charge in [-0.3, -0.25) is 9.78 Å². The molecule has 2 heteroatoms. The van der Waals surface area contributed by atoms with Crippen molar-refractivity contribution in [1.82, 2.24) is 4.98 Å². The minimum atomic E-state index is 0.0277. The van der Waals surface area contributed by atoms with Gasteiger partial charge in [-0.15, -0.1) is 0 Å². The highest BCUT2D eigenvalue weighted by Crippen LogP contribution is 2.13. The summed E-state index contributed by atoms with van der Waals surface area (Å²) < 4.78 is 0. The molecule has 0 unspecified atom stereocenters. The minimum absolute atomic E-state index is 0.0277. The molecule has 1 aromatic heterocycles. The van der Waals surface area contributed by atoms with Gasteiger partial charge >= 0.3 is 0 Å². The zero-order valence-corrected chi connectivity index (χ0v) is 9.40. The maximum atomic E-state index is 12.1. The molecule has 80 valence electrons. The Kier molecular flexibility index (Phi) is 2.82. The zero-order chi connectivity index (χ0) is 11.5. The van der Waals surface area contributed by atoms with Crippen LogP contribution in [0.3, 0.4) is 0 Å². The molecule has 16 heavy (non-hydrogen) atoms. The van der Waals surface area contributed by atoms with Crippen LogP contribution in [0.4, 0.5) is 0 Å². The van der Waals surface area contributed by atoms with Gasteiger partial charge in [-0.1, -0.05) is 17.2 Å². The second kappa shape index (κ2) is 4.27. The standard InChI is InChI=1S/C14H13NO/c1-10-6-11(2)8-13(7-10)14(16)12-4-3-5-15-9-12/h3-9H,1-2H3. The van der Waals surface area contributed by atoms with Crippen molar-refractivity contribution in [2.24, 2.45) is 0 Å². The third kappa shape index (κ3) is 2.16. The number of carbonyl (C=O) groups is 1. The average molecular weight is 211 g/mol. The van der Waals surface area contributed by atoms with Crippen molar-refractivity contribution in [3.05, 3.63) is 65.0 Å². The number of aryl methyl sites for hydroxylation is 2. The first-order valence-corrected chi connectivity index (χ1v) is 5.20. The van der Waals surface area contributed by atoms with Crippen LogP contribution in [-0.4, -0.2) is 10.8 Å². The van der Waals surface area contributed by atoms with Crippen LogP contribution in [0.1, 0.15) is 27.0 Å². The third-order valence-corrected chi connectivity index (χ3v) is 2.41. The van der Waals surface area contributed by atoms with E-state index in [1.807, 2.05) is 26.0 Å². The second-order valence-corrected chi connectivity index (χ2v) is 3.95. The summed E-state index contributed by atoms with van der Waals surface area (Å²) in [5.41, 5.74) is 3.57. The lowest BCUT2D eigenvalue weighted by atomic mass is 10.0. The van der Waals surface area contributed by atoms with Crippen LogP contribution in [0.25, 0.3) is 0 Å². The summed E-state index contributed by atoms with van der Waals surface area (Å²) in [6.45, 7) is 3.99. The van der Waals surface area contributed by atoms with E-state index in [9.17, 15) is 4.79 Å². The van der Waals surface area contributed by atoms with Gasteiger partial charge in [0.15, 0.2) is 5.78 Å². The number of carbonyl (C=O) groups excluding carboxylic acids is 1. The highest BCUT2D eigenvalue weighted by atomic mass is 16.1. The lowest BCUT2D eigenvalue weighted by Crippen LogP contribution is -2.02. The van der Waals surface area contributed by atoms with Crippen LogP contribution in [0, 0.1) is 13.8 Å². The van der Waals surface area contributed by atoms with Crippen molar-refractivity contribution in [2.75, 3.05) is 0 Å². The van der Waals surface area contributed by atoms with Crippen LogP contribution < -0.4 is 0 Å². The quantitative estimate of drug-likeness (QED) is 0.715. The van der Waals surface area contributed by atoms with Crippen molar-refractivity contribution >= 4 is 5.78 Å². The number of rotatable bonds is 2. The maximum absolute atomic E-state index is 12.1. The smallest absolute Gasteiger partial charge is 0.194 e. The molecule has 1 heterocycles. The summed E-state index contributed by atoms with van der Waals surface area (Å²) in [5.74, 6) is 0.0277. The lowest BCUT2D eigenvalue weighted by molar-refractivity contribution is 0.103. The molecular formula is C14H13NO. The first-order valence-electron chi connectivity index (χ1n) is 5.20. The molecule has 0 N–H and O–H groups in total. The minimum Gasteiger partial charge on any atom is -0.289 e. The number of ketones is 1. The van der Waals surface area contributed by atoms with Crippen LogP contribution in [0.5, 0.6) is 0 Å². The molecule has 0 saturated carbocycles. The van der Waals surface area contributed by atoms with Crippen molar-refractivity contribution in [3.8, 4) is 0 Å². The molecule has 0 amide bonds. The van der Waals surface area contributed by atoms with E-state index in [1.165, 1.54) is 0 Å². The molecule has 0 aliphatic rings. The number of hydrogen-bond donors (Lipinski definition) is 0. The molecule has 2 nitrogen and oxygen atoms in total. The summed E-state index contributed by atoms with van der Waals surface area (Å²) in [6.07, 6.45) is 3.26. The van der Waals surface area contributed by atoms with Crippen LogP contribution >= 0.6 is 0 Å². The van der Waals surface area contributed by atoms with E-state index < -0.39 is 0 Å². The molecule has 0 radical (unpaired) electrons. The first kappa shape index (κ1) is 10.6. The van der Waals surface area contributed by atoms with Gasteiger partial charge in [0.05, 0.1) is 0 Å². The van der Waals surface area contributed by atoms with E-state index in [-0.39, 0.29) is 5.78 Å². The van der Waals surface area contributed by atoms with Crippen molar-refractivity contribution in [2.45, 2.75) is 13.8 Å². The van der Waals surface area contributed by atoms with Gasteiger partial charge in [0.2, 0.25) is 0 Å². The highest BCUT2D eigenvalue weighted by molar-refractivity contribution is 6.08. The van der Waals surface area contributed by atoms with Gasteiger partial charge in [-0.2, -0.15) is 0 Å². The van der Waals surface area contributed by atoms with Gasteiger partial charge in [-0.25, -0.2) is 0 Å². The fourth-order valence-electron chi connectivity index (χ4n) is 1.77. The Morgan fingerprint density at radius 1 is 1.06 bits per heavy atom. The summed E-state index contributed by atoms with van der Waals surface area (Å²) in [7, 11) is 0. The van der Waals surface area contributed by atoms with E-state index in [4.69, 9.17) is 0 Å². The van der Waals surface area contributed by atoms with E-state index in [1.54, 1.807) is 24.5 Å². The molecule has 0 spiro atoms. The van der Waals surface area contributed by atoms with Crippen molar-refractivity contribution < 1.29 is 4.79 Å². The van der Waals surface area contributed by atoms with Gasteiger partial charge in [0.1, 0.15) is 0 Å². The summed E-state index contributed by atoms with van der Waals surface area (Å²) >= 11 is 0. The van der Waals surface area contributed by atoms with Crippen molar-refractivity contribution in [1.29, 1.82) is 0 Å². The Morgan fingerprint density at radius 3 is 2.31 bits per heavy atom. The fraction of sp³-hybridized carbons (Fsp3) is 0.143. The number of aromatic nitrogens is 1. The number of pyridine rings is 1. The Bertz CT molecular complexity index is 497. The molecule has 0 aliphatic heterocycles. The number of benzene rings is 1. The van der Waals surface area contributed by atoms with E-state index in [2.05, 4.69) is 11.1 Å². The van der Waals surface area contributed by atoms with E-state index in [0.29, 0.717) is 5.56 Å².